The van der Waals surface area contributed by atoms with Gasteiger partial charge in [0.25, 0.3) is 0 Å². The monoisotopic (exact) mass is 165 g/mol. The molecule has 1 rings (SSSR count). The van der Waals surface area contributed by atoms with Crippen LogP contribution in [0.5, 0.6) is 0 Å². The Morgan fingerprint density at radius 2 is 1.91 bits per heavy atom. The van der Waals surface area contributed by atoms with Crippen LogP contribution in [0, 0.1) is 0 Å². The molecule has 0 heterocycles. The van der Waals surface area contributed by atoms with Gasteiger partial charge in [-0.3, -0.25) is 0 Å². The molecule has 59 valence electrons. The van der Waals surface area contributed by atoms with Crippen LogP contribution in [0.4, 0.5) is 0 Å². The molecule has 1 N–H and O–H groups in total. The maximum absolute atomic E-state index is 9.12. The molecule has 0 aromatic heterocycles. The van der Waals surface area contributed by atoms with Gasteiger partial charge >= 0.3 is 0 Å². The van der Waals surface area contributed by atoms with E-state index in [2.05, 4.69) is 12.1 Å². The van der Waals surface area contributed by atoms with Crippen molar-refractivity contribution in [3.8, 4) is 0 Å². The van der Waals surface area contributed by atoms with Crippen LogP contribution >= 0.6 is 0 Å². The van der Waals surface area contributed by atoms with Crippen LogP contribution in [0.25, 0.3) is 0 Å². The molecular formula is C9H13OSi. The lowest BCUT2D eigenvalue weighted by Crippen LogP contribution is -2.05. The lowest BCUT2D eigenvalue weighted by Gasteiger charge is -2.00. The van der Waals surface area contributed by atoms with Gasteiger partial charge in [0.05, 0.1) is 0 Å². The topological polar surface area (TPSA) is 20.2 Å². The fraction of sp³-hybridized carbons (Fsp3) is 0.333. The number of aryl methyl sites for hydroxylation is 1. The lowest BCUT2D eigenvalue weighted by atomic mass is 10.2. The van der Waals surface area contributed by atoms with E-state index in [1.807, 2.05) is 24.7 Å². The Morgan fingerprint density at radius 1 is 1.27 bits per heavy atom. The Labute approximate surface area is 69.4 Å². The van der Waals surface area contributed by atoms with Crippen molar-refractivity contribution in [2.24, 2.45) is 0 Å². The molecule has 0 saturated carbocycles. The molecule has 1 aromatic carbocycles. The first kappa shape index (κ1) is 8.49. The van der Waals surface area contributed by atoms with Crippen molar-refractivity contribution in [2.75, 3.05) is 0 Å². The van der Waals surface area contributed by atoms with Crippen LogP contribution in [0.15, 0.2) is 30.3 Å². The molecule has 0 aliphatic carbocycles. The van der Waals surface area contributed by atoms with E-state index in [-0.39, 0.29) is 0 Å². The molecule has 0 aliphatic rings. The van der Waals surface area contributed by atoms with E-state index in [1.54, 1.807) is 0 Å². The quantitative estimate of drug-likeness (QED) is 0.678. The highest BCUT2D eigenvalue weighted by atomic mass is 28.3. The summed E-state index contributed by atoms with van der Waals surface area (Å²) >= 11 is 0. The van der Waals surface area contributed by atoms with E-state index in [9.17, 15) is 0 Å². The minimum atomic E-state index is -1.03. The summed E-state index contributed by atoms with van der Waals surface area (Å²) in [4.78, 5) is 9.12. The van der Waals surface area contributed by atoms with Crippen molar-refractivity contribution in [3.63, 3.8) is 0 Å². The van der Waals surface area contributed by atoms with Gasteiger partial charge in [-0.25, -0.2) is 0 Å². The Morgan fingerprint density at radius 3 is 2.45 bits per heavy atom. The molecule has 0 aliphatic heterocycles. The van der Waals surface area contributed by atoms with E-state index in [0.717, 1.165) is 12.5 Å². The Hall–Kier alpha value is -0.603. The van der Waals surface area contributed by atoms with Gasteiger partial charge in [0.2, 0.25) is 9.04 Å². The Bertz CT molecular complexity index is 196. The van der Waals surface area contributed by atoms with Crippen molar-refractivity contribution in [1.29, 1.82) is 0 Å². The van der Waals surface area contributed by atoms with Crippen molar-refractivity contribution in [3.05, 3.63) is 35.9 Å². The lowest BCUT2D eigenvalue weighted by molar-refractivity contribution is 0.575. The van der Waals surface area contributed by atoms with Gasteiger partial charge in [-0.15, -0.1) is 0 Å². The molecule has 2 heteroatoms. The largest absolute Gasteiger partial charge is 0.432 e. The van der Waals surface area contributed by atoms with Crippen LogP contribution in [0.3, 0.4) is 0 Å². The predicted octanol–water partition coefficient (Wildman–Crippen LogP) is 1.84. The minimum absolute atomic E-state index is 0.953. The maximum Gasteiger partial charge on any atom is 0.204 e. The second-order valence-electron chi connectivity index (χ2n) is 2.72. The standard InChI is InChI=1S/C9H13OSi/c1-11(10)8-7-9-5-3-2-4-6-9/h2-6,10H,7-8H2,1H3. The third-order valence-electron chi connectivity index (χ3n) is 1.62. The number of benzene rings is 1. The summed E-state index contributed by atoms with van der Waals surface area (Å²) in [5.41, 5.74) is 1.32. The Kier molecular flexibility index (Phi) is 3.33. The highest BCUT2D eigenvalue weighted by Gasteiger charge is 1.99. The first-order valence-electron chi connectivity index (χ1n) is 3.84. The molecule has 11 heavy (non-hydrogen) atoms. The number of hydrogen-bond acceptors (Lipinski definition) is 1. The first-order valence-corrected chi connectivity index (χ1v) is 6.00. The SMILES string of the molecule is C[Si](O)CCc1ccccc1. The van der Waals surface area contributed by atoms with Gasteiger partial charge < -0.3 is 4.80 Å². The van der Waals surface area contributed by atoms with Gasteiger partial charge in [-0.05, 0) is 24.6 Å². The van der Waals surface area contributed by atoms with E-state index in [0.29, 0.717) is 0 Å². The van der Waals surface area contributed by atoms with Crippen LogP contribution in [0.1, 0.15) is 5.56 Å². The highest BCUT2D eigenvalue weighted by Crippen LogP contribution is 2.03. The van der Waals surface area contributed by atoms with Gasteiger partial charge in [-0.1, -0.05) is 30.3 Å². The molecule has 0 spiro atoms. The molecule has 1 aromatic rings. The zero-order valence-electron chi connectivity index (χ0n) is 6.75. The zero-order chi connectivity index (χ0) is 8.10. The maximum atomic E-state index is 9.12. The van der Waals surface area contributed by atoms with E-state index < -0.39 is 9.04 Å². The zero-order valence-corrected chi connectivity index (χ0v) is 7.75. The Balaban J connectivity index is 2.39. The molecule has 0 bridgehead atoms. The van der Waals surface area contributed by atoms with Crippen LogP contribution < -0.4 is 0 Å². The van der Waals surface area contributed by atoms with Gasteiger partial charge in [0.15, 0.2) is 0 Å². The molecule has 0 atom stereocenters. The molecular weight excluding hydrogens is 152 g/mol. The van der Waals surface area contributed by atoms with Crippen LogP contribution in [-0.2, 0) is 6.42 Å². The second-order valence-corrected chi connectivity index (χ2v) is 4.69. The highest BCUT2D eigenvalue weighted by molar-refractivity contribution is 6.48. The second kappa shape index (κ2) is 4.31. The van der Waals surface area contributed by atoms with Crippen molar-refractivity contribution in [1.82, 2.24) is 0 Å². The fourth-order valence-corrected chi connectivity index (χ4v) is 1.62. The molecule has 0 amide bonds. The number of hydrogen-bond donors (Lipinski definition) is 1. The predicted molar refractivity (Wildman–Crippen MR) is 48.8 cm³/mol. The van der Waals surface area contributed by atoms with E-state index >= 15 is 0 Å². The summed E-state index contributed by atoms with van der Waals surface area (Å²) in [5.74, 6) is 0. The average molecular weight is 165 g/mol. The van der Waals surface area contributed by atoms with Crippen molar-refractivity contribution < 1.29 is 4.80 Å². The third kappa shape index (κ3) is 3.35. The van der Waals surface area contributed by atoms with Crippen LogP contribution in [0.2, 0.25) is 12.6 Å². The normalized spacial score (nSPS) is 10.5. The molecule has 0 fully saturated rings. The molecule has 0 unspecified atom stereocenters. The fourth-order valence-electron chi connectivity index (χ4n) is 0.970. The molecule has 1 nitrogen and oxygen atoms in total. The summed E-state index contributed by atoms with van der Waals surface area (Å²) in [7, 11) is -1.03. The molecule has 0 saturated heterocycles. The summed E-state index contributed by atoms with van der Waals surface area (Å²) in [6, 6.07) is 11.2. The first-order chi connectivity index (χ1) is 5.29. The third-order valence-corrected chi connectivity index (χ3v) is 2.59. The smallest absolute Gasteiger partial charge is 0.204 e. The van der Waals surface area contributed by atoms with Crippen LogP contribution in [-0.4, -0.2) is 13.8 Å². The minimum Gasteiger partial charge on any atom is -0.432 e. The van der Waals surface area contributed by atoms with Crippen molar-refractivity contribution >= 4 is 9.04 Å². The van der Waals surface area contributed by atoms with Crippen molar-refractivity contribution in [2.45, 2.75) is 19.0 Å². The summed E-state index contributed by atoms with van der Waals surface area (Å²) in [6.45, 7) is 1.92. The molecule has 1 radical (unpaired) electrons. The van der Waals surface area contributed by atoms with Gasteiger partial charge in [0.1, 0.15) is 0 Å². The van der Waals surface area contributed by atoms with E-state index in [1.165, 1.54) is 5.56 Å². The summed E-state index contributed by atoms with van der Waals surface area (Å²) in [5, 5.41) is 0. The van der Waals surface area contributed by atoms with E-state index in [4.69, 9.17) is 4.80 Å². The average Bonchev–Trinajstić information content (AvgIpc) is 2.03. The summed E-state index contributed by atoms with van der Waals surface area (Å²) < 4.78 is 0. The van der Waals surface area contributed by atoms with Gasteiger partial charge in [-0.2, -0.15) is 0 Å². The summed E-state index contributed by atoms with van der Waals surface area (Å²) in [6.07, 6.45) is 1.02. The number of rotatable bonds is 3. The van der Waals surface area contributed by atoms with Gasteiger partial charge in [0, 0.05) is 0 Å².